The molecule has 0 radical (unpaired) electrons. The summed E-state index contributed by atoms with van der Waals surface area (Å²) >= 11 is 0. The van der Waals surface area contributed by atoms with E-state index in [2.05, 4.69) is 37.7 Å². The summed E-state index contributed by atoms with van der Waals surface area (Å²) in [6.07, 6.45) is 3.48. The first-order valence-corrected chi connectivity index (χ1v) is 6.65. The van der Waals surface area contributed by atoms with Gasteiger partial charge in [-0.2, -0.15) is 0 Å². The van der Waals surface area contributed by atoms with Gasteiger partial charge in [0, 0.05) is 25.2 Å². The van der Waals surface area contributed by atoms with Gasteiger partial charge in [-0.3, -0.25) is 0 Å². The van der Waals surface area contributed by atoms with E-state index in [9.17, 15) is 0 Å². The summed E-state index contributed by atoms with van der Waals surface area (Å²) in [5.41, 5.74) is 6.36. The molecule has 1 unspecified atom stereocenters. The van der Waals surface area contributed by atoms with Gasteiger partial charge in [-0.1, -0.05) is 13.8 Å². The zero-order valence-corrected chi connectivity index (χ0v) is 11.5. The molecule has 0 amide bonds. The summed E-state index contributed by atoms with van der Waals surface area (Å²) in [6, 6.07) is 0. The molecule has 0 aliphatic carbocycles. The number of hydrogen-bond acceptors (Lipinski definition) is 3. The molecule has 16 heavy (non-hydrogen) atoms. The normalized spacial score (nSPS) is 23.2. The Morgan fingerprint density at radius 3 is 2.44 bits per heavy atom. The molecule has 0 aromatic rings. The van der Waals surface area contributed by atoms with E-state index in [1.165, 1.54) is 26.1 Å². The number of hydrogen-bond donors (Lipinski definition) is 1. The van der Waals surface area contributed by atoms with Crippen LogP contribution in [0.25, 0.3) is 0 Å². The van der Waals surface area contributed by atoms with Crippen LogP contribution in [0.5, 0.6) is 0 Å². The molecule has 96 valence electrons. The average molecular weight is 227 g/mol. The summed E-state index contributed by atoms with van der Waals surface area (Å²) in [5.74, 6) is 0.841. The highest BCUT2D eigenvalue weighted by molar-refractivity contribution is 4.85. The van der Waals surface area contributed by atoms with Gasteiger partial charge in [0.1, 0.15) is 0 Å². The first-order valence-electron chi connectivity index (χ1n) is 6.65. The maximum Gasteiger partial charge on any atom is 0.0278 e. The van der Waals surface area contributed by atoms with Crippen LogP contribution in [0.3, 0.4) is 0 Å². The second kappa shape index (κ2) is 5.99. The fourth-order valence-corrected chi connectivity index (χ4v) is 2.69. The van der Waals surface area contributed by atoms with Crippen LogP contribution in [0.1, 0.15) is 33.1 Å². The molecule has 2 N–H and O–H groups in total. The molecule has 0 aromatic carbocycles. The van der Waals surface area contributed by atoms with Crippen molar-refractivity contribution in [3.63, 3.8) is 0 Å². The summed E-state index contributed by atoms with van der Waals surface area (Å²) < 4.78 is 0. The van der Waals surface area contributed by atoms with Crippen molar-refractivity contribution in [3.05, 3.63) is 0 Å². The molecule has 3 nitrogen and oxygen atoms in total. The van der Waals surface area contributed by atoms with E-state index in [1.807, 2.05) is 0 Å². The Morgan fingerprint density at radius 2 is 2.00 bits per heavy atom. The van der Waals surface area contributed by atoms with Crippen molar-refractivity contribution in [1.29, 1.82) is 0 Å². The van der Waals surface area contributed by atoms with Crippen LogP contribution in [-0.2, 0) is 0 Å². The van der Waals surface area contributed by atoms with Gasteiger partial charge in [-0.25, -0.2) is 0 Å². The van der Waals surface area contributed by atoms with Crippen LogP contribution in [0.2, 0.25) is 0 Å². The topological polar surface area (TPSA) is 32.5 Å². The lowest BCUT2D eigenvalue weighted by atomic mass is 9.93. The minimum absolute atomic E-state index is 0.0132. The van der Waals surface area contributed by atoms with Crippen LogP contribution in [0.15, 0.2) is 0 Å². The van der Waals surface area contributed by atoms with E-state index in [1.54, 1.807) is 0 Å². The van der Waals surface area contributed by atoms with Gasteiger partial charge in [0.15, 0.2) is 0 Å². The van der Waals surface area contributed by atoms with Crippen molar-refractivity contribution in [2.24, 2.45) is 11.7 Å². The highest BCUT2D eigenvalue weighted by Crippen LogP contribution is 2.18. The molecule has 0 saturated carbocycles. The van der Waals surface area contributed by atoms with Crippen LogP contribution in [0.4, 0.5) is 0 Å². The Morgan fingerprint density at radius 1 is 1.38 bits per heavy atom. The second-order valence-electron chi connectivity index (χ2n) is 5.68. The molecule has 1 rings (SSSR count). The number of rotatable bonds is 6. The minimum atomic E-state index is 0.0132. The van der Waals surface area contributed by atoms with Crippen molar-refractivity contribution >= 4 is 0 Å². The monoisotopic (exact) mass is 227 g/mol. The summed E-state index contributed by atoms with van der Waals surface area (Å²) in [6.45, 7) is 9.12. The summed E-state index contributed by atoms with van der Waals surface area (Å²) in [7, 11) is 4.43. The van der Waals surface area contributed by atoms with Gasteiger partial charge in [0.2, 0.25) is 0 Å². The average Bonchev–Trinajstić information content (AvgIpc) is 2.63. The Hall–Kier alpha value is -0.120. The molecular formula is C13H29N3. The van der Waals surface area contributed by atoms with Gasteiger partial charge >= 0.3 is 0 Å². The summed E-state index contributed by atoms with van der Waals surface area (Å²) in [4.78, 5) is 4.85. The second-order valence-corrected chi connectivity index (χ2v) is 5.68. The van der Waals surface area contributed by atoms with E-state index in [0.717, 1.165) is 25.3 Å². The van der Waals surface area contributed by atoms with E-state index in [0.29, 0.717) is 0 Å². The number of likely N-dealkylation sites (N-methyl/N-ethyl adjacent to an activating group) is 1. The molecule has 1 saturated heterocycles. The maximum atomic E-state index is 6.35. The van der Waals surface area contributed by atoms with Crippen molar-refractivity contribution < 1.29 is 0 Å². The highest BCUT2D eigenvalue weighted by atomic mass is 15.2. The third-order valence-electron chi connectivity index (χ3n) is 4.05. The lowest BCUT2D eigenvalue weighted by Gasteiger charge is -2.33. The van der Waals surface area contributed by atoms with Gasteiger partial charge in [0.05, 0.1) is 0 Å². The van der Waals surface area contributed by atoms with Gasteiger partial charge < -0.3 is 15.5 Å². The molecule has 0 spiro atoms. The van der Waals surface area contributed by atoms with Crippen molar-refractivity contribution in [2.45, 2.75) is 38.6 Å². The van der Waals surface area contributed by atoms with Crippen molar-refractivity contribution in [2.75, 3.05) is 40.3 Å². The molecule has 1 aliphatic rings. The molecule has 1 aliphatic heterocycles. The predicted molar refractivity (Wildman–Crippen MR) is 70.6 cm³/mol. The fraction of sp³-hybridized carbons (Fsp3) is 1.00. The number of nitrogens with two attached hydrogens (primary N) is 1. The Kier molecular flexibility index (Phi) is 5.22. The quantitative estimate of drug-likeness (QED) is 0.744. The van der Waals surface area contributed by atoms with Crippen molar-refractivity contribution in [1.82, 2.24) is 9.80 Å². The molecule has 3 heteroatoms. The molecular weight excluding hydrogens is 198 g/mol. The molecule has 1 fully saturated rings. The van der Waals surface area contributed by atoms with E-state index < -0.39 is 0 Å². The predicted octanol–water partition coefficient (Wildman–Crippen LogP) is 1.39. The molecule has 0 aromatic heterocycles. The minimum Gasteiger partial charge on any atom is -0.324 e. The Labute approximate surface area is 101 Å². The van der Waals surface area contributed by atoms with Gasteiger partial charge in [-0.05, 0) is 45.8 Å². The molecule has 1 heterocycles. The first kappa shape index (κ1) is 13.9. The zero-order chi connectivity index (χ0) is 12.2. The standard InChI is InChI=1S/C13H29N3/c1-5-13(14,6-2)11-16(4)10-12-7-8-15(3)9-12/h12H,5-11,14H2,1-4H3. The van der Waals surface area contributed by atoms with Crippen LogP contribution in [-0.4, -0.2) is 55.6 Å². The zero-order valence-electron chi connectivity index (χ0n) is 11.5. The highest BCUT2D eigenvalue weighted by Gasteiger charge is 2.25. The van der Waals surface area contributed by atoms with E-state index in [4.69, 9.17) is 5.73 Å². The van der Waals surface area contributed by atoms with Crippen LogP contribution in [0, 0.1) is 5.92 Å². The lowest BCUT2D eigenvalue weighted by molar-refractivity contribution is 0.207. The molecule has 0 bridgehead atoms. The SMILES string of the molecule is CCC(N)(CC)CN(C)CC1CCN(C)C1. The lowest BCUT2D eigenvalue weighted by Crippen LogP contribution is -2.49. The third-order valence-corrected chi connectivity index (χ3v) is 4.05. The summed E-state index contributed by atoms with van der Waals surface area (Å²) in [5, 5.41) is 0. The molecule has 1 atom stereocenters. The van der Waals surface area contributed by atoms with E-state index in [-0.39, 0.29) is 5.54 Å². The number of nitrogens with zero attached hydrogens (tertiary/aromatic N) is 2. The fourth-order valence-electron chi connectivity index (χ4n) is 2.69. The van der Waals surface area contributed by atoms with Gasteiger partial charge in [0.25, 0.3) is 0 Å². The van der Waals surface area contributed by atoms with Gasteiger partial charge in [-0.15, -0.1) is 0 Å². The van der Waals surface area contributed by atoms with Crippen LogP contribution < -0.4 is 5.73 Å². The third kappa shape index (κ3) is 4.04. The Balaban J connectivity index is 2.32. The first-order chi connectivity index (χ1) is 7.49. The van der Waals surface area contributed by atoms with E-state index >= 15 is 0 Å². The maximum absolute atomic E-state index is 6.35. The largest absolute Gasteiger partial charge is 0.324 e. The van der Waals surface area contributed by atoms with Crippen molar-refractivity contribution in [3.8, 4) is 0 Å². The van der Waals surface area contributed by atoms with Crippen LogP contribution >= 0.6 is 0 Å². The number of likely N-dealkylation sites (tertiary alicyclic amines) is 1. The smallest absolute Gasteiger partial charge is 0.0278 e. The Bertz CT molecular complexity index is 201.